The third-order valence-corrected chi connectivity index (χ3v) is 4.75. The zero-order valence-electron chi connectivity index (χ0n) is 14.4. The van der Waals surface area contributed by atoms with Crippen molar-refractivity contribution in [2.45, 2.75) is 59.5 Å². The van der Waals surface area contributed by atoms with Gasteiger partial charge in [0.05, 0.1) is 6.54 Å². The lowest BCUT2D eigenvalue weighted by atomic mass is 9.69. The minimum Gasteiger partial charge on any atom is -0.465 e. The number of nitrogens with one attached hydrogen (secondary N) is 1. The highest BCUT2D eigenvalue weighted by Gasteiger charge is 2.34. The Morgan fingerprint density at radius 2 is 2.14 bits per heavy atom. The molecule has 0 aliphatic heterocycles. The Kier molecular flexibility index (Phi) is 5.50. The maximum absolute atomic E-state index is 5.70. The highest BCUT2D eigenvalue weighted by atomic mass is 16.3. The summed E-state index contributed by atoms with van der Waals surface area (Å²) >= 11 is 0. The van der Waals surface area contributed by atoms with E-state index in [9.17, 15) is 0 Å². The second kappa shape index (κ2) is 6.97. The molecule has 0 saturated heterocycles. The van der Waals surface area contributed by atoms with Gasteiger partial charge in [-0.15, -0.1) is 0 Å². The Balaban J connectivity index is 1.93. The predicted octanol–water partition coefficient (Wildman–Crippen LogP) is 3.82. The SMILES string of the molecule is CCNC1CCC(C)(C)CC1CN(C)Cc1ccc(C)o1. The van der Waals surface area contributed by atoms with Gasteiger partial charge in [-0.05, 0) is 63.2 Å². The van der Waals surface area contributed by atoms with Gasteiger partial charge in [0, 0.05) is 12.6 Å². The normalized spacial score (nSPS) is 25.4. The number of hydrogen-bond donors (Lipinski definition) is 1. The van der Waals surface area contributed by atoms with Gasteiger partial charge >= 0.3 is 0 Å². The molecule has 1 aromatic heterocycles. The van der Waals surface area contributed by atoms with Crippen LogP contribution in [0.15, 0.2) is 16.5 Å². The largest absolute Gasteiger partial charge is 0.465 e. The summed E-state index contributed by atoms with van der Waals surface area (Å²) in [6.45, 7) is 12.2. The van der Waals surface area contributed by atoms with Gasteiger partial charge in [-0.1, -0.05) is 20.8 Å². The molecule has 1 fully saturated rings. The van der Waals surface area contributed by atoms with Crippen LogP contribution >= 0.6 is 0 Å². The lowest BCUT2D eigenvalue weighted by Crippen LogP contribution is -2.46. The number of nitrogens with zero attached hydrogens (tertiary/aromatic N) is 1. The van der Waals surface area contributed by atoms with E-state index in [-0.39, 0.29) is 0 Å². The maximum atomic E-state index is 5.70. The van der Waals surface area contributed by atoms with E-state index in [0.29, 0.717) is 11.5 Å². The molecular formula is C18H32N2O. The summed E-state index contributed by atoms with van der Waals surface area (Å²) in [5, 5.41) is 3.70. The van der Waals surface area contributed by atoms with E-state index in [1.165, 1.54) is 19.3 Å². The summed E-state index contributed by atoms with van der Waals surface area (Å²) in [7, 11) is 2.21. The first-order chi connectivity index (χ1) is 9.89. The Bertz CT molecular complexity index is 438. The van der Waals surface area contributed by atoms with Crippen LogP contribution in [0.1, 0.15) is 51.6 Å². The van der Waals surface area contributed by atoms with Gasteiger partial charge in [-0.2, -0.15) is 0 Å². The van der Waals surface area contributed by atoms with Gasteiger partial charge in [0.15, 0.2) is 0 Å². The fourth-order valence-electron chi connectivity index (χ4n) is 3.76. The molecule has 1 aliphatic carbocycles. The molecule has 2 unspecified atom stereocenters. The highest BCUT2D eigenvalue weighted by Crippen LogP contribution is 2.39. The molecule has 3 heteroatoms. The Morgan fingerprint density at radius 1 is 1.38 bits per heavy atom. The van der Waals surface area contributed by atoms with Crippen molar-refractivity contribution < 1.29 is 4.42 Å². The first-order valence-electron chi connectivity index (χ1n) is 8.37. The first-order valence-corrected chi connectivity index (χ1v) is 8.37. The second-order valence-corrected chi connectivity index (χ2v) is 7.54. The lowest BCUT2D eigenvalue weighted by Gasteiger charge is -2.42. The molecule has 1 heterocycles. The van der Waals surface area contributed by atoms with Gasteiger partial charge < -0.3 is 9.73 Å². The van der Waals surface area contributed by atoms with Crippen LogP contribution in [0.3, 0.4) is 0 Å². The summed E-state index contributed by atoms with van der Waals surface area (Å²) < 4.78 is 5.70. The van der Waals surface area contributed by atoms with Gasteiger partial charge in [-0.3, -0.25) is 4.90 Å². The van der Waals surface area contributed by atoms with Crippen LogP contribution in [-0.2, 0) is 6.54 Å². The van der Waals surface area contributed by atoms with Crippen molar-refractivity contribution >= 4 is 0 Å². The maximum Gasteiger partial charge on any atom is 0.118 e. The highest BCUT2D eigenvalue weighted by molar-refractivity contribution is 5.05. The molecule has 0 radical (unpaired) electrons. The zero-order chi connectivity index (χ0) is 15.5. The van der Waals surface area contributed by atoms with E-state index in [1.54, 1.807) is 0 Å². The molecule has 3 nitrogen and oxygen atoms in total. The van der Waals surface area contributed by atoms with Gasteiger partial charge in [-0.25, -0.2) is 0 Å². The van der Waals surface area contributed by atoms with Crippen LogP contribution in [-0.4, -0.2) is 31.1 Å². The topological polar surface area (TPSA) is 28.4 Å². The lowest BCUT2D eigenvalue weighted by molar-refractivity contribution is 0.105. The monoisotopic (exact) mass is 292 g/mol. The molecule has 0 bridgehead atoms. The fraction of sp³-hybridized carbons (Fsp3) is 0.778. The molecule has 2 rings (SSSR count). The Morgan fingerprint density at radius 3 is 2.76 bits per heavy atom. The van der Waals surface area contributed by atoms with Gasteiger partial charge in [0.25, 0.3) is 0 Å². The standard InChI is InChI=1S/C18H32N2O/c1-6-19-17-9-10-18(3,4)11-15(17)12-20(5)13-16-8-7-14(2)21-16/h7-8,15,17,19H,6,9-13H2,1-5H3. The second-order valence-electron chi connectivity index (χ2n) is 7.54. The molecular weight excluding hydrogens is 260 g/mol. The summed E-state index contributed by atoms with van der Waals surface area (Å²) in [5.41, 5.74) is 0.485. The average Bonchev–Trinajstić information content (AvgIpc) is 2.77. The smallest absolute Gasteiger partial charge is 0.118 e. The summed E-state index contributed by atoms with van der Waals surface area (Å²) in [5.74, 6) is 2.81. The van der Waals surface area contributed by atoms with Crippen LogP contribution in [0.4, 0.5) is 0 Å². The number of hydrogen-bond acceptors (Lipinski definition) is 3. The average molecular weight is 292 g/mol. The molecule has 21 heavy (non-hydrogen) atoms. The molecule has 1 aliphatic rings. The van der Waals surface area contributed by atoms with Gasteiger partial charge in [0.2, 0.25) is 0 Å². The van der Waals surface area contributed by atoms with Crippen LogP contribution in [0, 0.1) is 18.3 Å². The van der Waals surface area contributed by atoms with E-state index in [2.05, 4.69) is 44.1 Å². The third-order valence-electron chi connectivity index (χ3n) is 4.75. The van der Waals surface area contributed by atoms with Crippen LogP contribution in [0.25, 0.3) is 0 Å². The Labute approximate surface area is 130 Å². The third kappa shape index (κ3) is 4.86. The van der Waals surface area contributed by atoms with Crippen molar-refractivity contribution in [3.63, 3.8) is 0 Å². The fourth-order valence-corrected chi connectivity index (χ4v) is 3.76. The van der Waals surface area contributed by atoms with E-state index in [4.69, 9.17) is 4.42 Å². The van der Waals surface area contributed by atoms with Crippen molar-refractivity contribution in [2.24, 2.45) is 11.3 Å². The predicted molar refractivity (Wildman–Crippen MR) is 88.4 cm³/mol. The molecule has 1 N–H and O–H groups in total. The molecule has 0 amide bonds. The van der Waals surface area contributed by atoms with Crippen molar-refractivity contribution in [3.05, 3.63) is 23.7 Å². The van der Waals surface area contributed by atoms with Crippen LogP contribution in [0.5, 0.6) is 0 Å². The van der Waals surface area contributed by atoms with Crippen molar-refractivity contribution in [1.29, 1.82) is 0 Å². The number of furan rings is 1. The number of aryl methyl sites for hydroxylation is 1. The summed E-state index contributed by atoms with van der Waals surface area (Å²) in [4.78, 5) is 2.41. The minimum absolute atomic E-state index is 0.485. The van der Waals surface area contributed by atoms with Crippen molar-refractivity contribution in [3.8, 4) is 0 Å². The van der Waals surface area contributed by atoms with E-state index < -0.39 is 0 Å². The molecule has 1 saturated carbocycles. The summed E-state index contributed by atoms with van der Waals surface area (Å²) in [6.07, 6.45) is 3.95. The van der Waals surface area contributed by atoms with Crippen LogP contribution < -0.4 is 5.32 Å². The molecule has 0 aromatic carbocycles. The molecule has 2 atom stereocenters. The minimum atomic E-state index is 0.485. The summed E-state index contributed by atoms with van der Waals surface area (Å²) in [6, 6.07) is 4.82. The van der Waals surface area contributed by atoms with Crippen LogP contribution in [0.2, 0.25) is 0 Å². The Hall–Kier alpha value is -0.800. The molecule has 120 valence electrons. The molecule has 0 spiro atoms. The van der Waals surface area contributed by atoms with Gasteiger partial charge in [0.1, 0.15) is 11.5 Å². The number of rotatable bonds is 6. The first kappa shape index (κ1) is 16.6. The van der Waals surface area contributed by atoms with E-state index >= 15 is 0 Å². The van der Waals surface area contributed by atoms with E-state index in [0.717, 1.165) is 37.1 Å². The van der Waals surface area contributed by atoms with E-state index in [1.807, 2.05) is 13.0 Å². The van der Waals surface area contributed by atoms with Crippen molar-refractivity contribution in [2.75, 3.05) is 20.1 Å². The quantitative estimate of drug-likeness (QED) is 0.864. The zero-order valence-corrected chi connectivity index (χ0v) is 14.4. The van der Waals surface area contributed by atoms with Crippen molar-refractivity contribution in [1.82, 2.24) is 10.2 Å². The molecule has 1 aromatic rings.